The van der Waals surface area contributed by atoms with E-state index in [1.165, 1.54) is 19.3 Å². The second-order valence-electron chi connectivity index (χ2n) is 5.58. The third-order valence-corrected chi connectivity index (χ3v) is 5.32. The van der Waals surface area contributed by atoms with Crippen LogP contribution in [0.25, 0.3) is 0 Å². The van der Waals surface area contributed by atoms with Gasteiger partial charge in [-0.3, -0.25) is 0 Å². The Labute approximate surface area is 112 Å². The Balaban J connectivity index is 1.67. The zero-order chi connectivity index (χ0) is 12.4. The van der Waals surface area contributed by atoms with Crippen LogP contribution in [0.3, 0.4) is 0 Å². The van der Waals surface area contributed by atoms with Crippen molar-refractivity contribution in [3.8, 4) is 0 Å². The van der Waals surface area contributed by atoms with Crippen LogP contribution in [0.2, 0.25) is 0 Å². The van der Waals surface area contributed by atoms with Crippen molar-refractivity contribution >= 4 is 11.8 Å². The van der Waals surface area contributed by atoms with Gasteiger partial charge in [0.15, 0.2) is 5.16 Å². The van der Waals surface area contributed by atoms with Crippen LogP contribution >= 0.6 is 11.8 Å². The predicted octanol–water partition coefficient (Wildman–Crippen LogP) is 2.40. The van der Waals surface area contributed by atoms with Gasteiger partial charge in [-0.25, -0.2) is 0 Å². The van der Waals surface area contributed by atoms with Crippen molar-refractivity contribution in [3.05, 3.63) is 5.82 Å². The molecular weight excluding hydrogens is 246 g/mol. The van der Waals surface area contributed by atoms with Crippen LogP contribution in [0, 0.1) is 0 Å². The van der Waals surface area contributed by atoms with Crippen molar-refractivity contribution in [1.29, 1.82) is 0 Å². The monoisotopic (exact) mass is 267 g/mol. The van der Waals surface area contributed by atoms with Crippen LogP contribution in [0.15, 0.2) is 5.16 Å². The van der Waals surface area contributed by atoms with Crippen LogP contribution in [0.4, 0.5) is 0 Å². The van der Waals surface area contributed by atoms with Crippen LogP contribution in [-0.4, -0.2) is 31.2 Å². The third-order valence-electron chi connectivity index (χ3n) is 4.08. The van der Waals surface area contributed by atoms with Gasteiger partial charge in [-0.15, -0.1) is 10.2 Å². The molecule has 0 saturated heterocycles. The minimum atomic E-state index is -0.457. The second-order valence-corrected chi connectivity index (χ2v) is 6.52. The molecule has 0 aromatic carbocycles. The normalized spacial score (nSPS) is 22.7. The average Bonchev–Trinajstić information content (AvgIpc) is 2.88. The zero-order valence-corrected chi connectivity index (χ0v) is 11.6. The Morgan fingerprint density at radius 2 is 1.94 bits per heavy atom. The lowest BCUT2D eigenvalue weighted by Crippen LogP contribution is -2.27. The van der Waals surface area contributed by atoms with Gasteiger partial charge in [-0.1, -0.05) is 31.0 Å². The number of thioether (sulfide) groups is 1. The highest BCUT2D eigenvalue weighted by molar-refractivity contribution is 7.99. The first-order chi connectivity index (χ1) is 8.77. The number of aromatic nitrogens is 3. The summed E-state index contributed by atoms with van der Waals surface area (Å²) >= 11 is 1.69. The molecule has 18 heavy (non-hydrogen) atoms. The van der Waals surface area contributed by atoms with Crippen molar-refractivity contribution in [2.45, 2.75) is 68.7 Å². The summed E-state index contributed by atoms with van der Waals surface area (Å²) in [5, 5.41) is 20.0. The lowest BCUT2D eigenvalue weighted by Gasteiger charge is -2.21. The summed E-state index contributed by atoms with van der Waals surface area (Å²) in [5.41, 5.74) is -0.457. The number of aryl methyl sites for hydroxylation is 1. The molecular formula is C13H21N3OS. The minimum Gasteiger partial charge on any atom is -0.389 e. The maximum atomic E-state index is 10.4. The third kappa shape index (κ3) is 2.57. The zero-order valence-electron chi connectivity index (χ0n) is 10.8. The van der Waals surface area contributed by atoms with Crippen molar-refractivity contribution < 1.29 is 5.11 Å². The molecule has 0 atom stereocenters. The smallest absolute Gasteiger partial charge is 0.191 e. The van der Waals surface area contributed by atoms with Crippen molar-refractivity contribution in [1.82, 2.24) is 14.8 Å². The first kappa shape index (κ1) is 12.5. The van der Waals surface area contributed by atoms with Crippen LogP contribution < -0.4 is 0 Å². The number of aliphatic hydroxyl groups is 1. The van der Waals surface area contributed by atoms with E-state index < -0.39 is 5.60 Å². The molecule has 0 bridgehead atoms. The number of fused-ring (bicyclic) bond motifs is 1. The van der Waals surface area contributed by atoms with E-state index in [2.05, 4.69) is 14.8 Å². The molecule has 1 saturated carbocycles. The van der Waals surface area contributed by atoms with Gasteiger partial charge in [0.1, 0.15) is 5.82 Å². The molecule has 0 amide bonds. The van der Waals surface area contributed by atoms with Gasteiger partial charge in [-0.05, 0) is 25.7 Å². The lowest BCUT2D eigenvalue weighted by atomic mass is 10.1. The molecule has 1 aromatic rings. The SMILES string of the molecule is OC1(CSc2nnc3n2CCCCC3)CCCC1. The van der Waals surface area contributed by atoms with E-state index >= 15 is 0 Å². The average molecular weight is 267 g/mol. The quantitative estimate of drug-likeness (QED) is 0.854. The molecule has 1 aliphatic carbocycles. The van der Waals surface area contributed by atoms with Gasteiger partial charge >= 0.3 is 0 Å². The van der Waals surface area contributed by atoms with E-state index in [1.54, 1.807) is 11.8 Å². The van der Waals surface area contributed by atoms with Crippen LogP contribution in [0.1, 0.15) is 50.8 Å². The highest BCUT2D eigenvalue weighted by atomic mass is 32.2. The van der Waals surface area contributed by atoms with Gasteiger partial charge in [0.2, 0.25) is 0 Å². The fraction of sp³-hybridized carbons (Fsp3) is 0.846. The van der Waals surface area contributed by atoms with Gasteiger partial charge in [0.05, 0.1) is 5.60 Å². The first-order valence-electron chi connectivity index (χ1n) is 7.04. The molecule has 3 rings (SSSR count). The Hall–Kier alpha value is -0.550. The number of hydrogen-bond acceptors (Lipinski definition) is 4. The van der Waals surface area contributed by atoms with Crippen molar-refractivity contribution in [2.24, 2.45) is 0 Å². The van der Waals surface area contributed by atoms with E-state index in [0.29, 0.717) is 0 Å². The Morgan fingerprint density at radius 3 is 2.78 bits per heavy atom. The highest BCUT2D eigenvalue weighted by Gasteiger charge is 2.31. The number of rotatable bonds is 3. The van der Waals surface area contributed by atoms with E-state index in [0.717, 1.165) is 55.4 Å². The molecule has 0 unspecified atom stereocenters. The maximum Gasteiger partial charge on any atom is 0.191 e. The molecule has 2 aliphatic rings. The van der Waals surface area contributed by atoms with Crippen molar-refractivity contribution in [2.75, 3.05) is 5.75 Å². The standard InChI is InChI=1S/C13H21N3OS/c17-13(7-3-4-8-13)10-18-12-15-14-11-6-2-1-5-9-16(11)12/h17H,1-10H2. The second kappa shape index (κ2) is 5.21. The van der Waals surface area contributed by atoms with E-state index in [1.807, 2.05) is 0 Å². The Bertz CT molecular complexity index is 412. The molecule has 100 valence electrons. The maximum absolute atomic E-state index is 10.4. The van der Waals surface area contributed by atoms with Gasteiger partial charge < -0.3 is 9.67 Å². The molecule has 1 aromatic heterocycles. The number of hydrogen-bond donors (Lipinski definition) is 1. The number of nitrogens with zero attached hydrogens (tertiary/aromatic N) is 3. The molecule has 0 radical (unpaired) electrons. The largest absolute Gasteiger partial charge is 0.389 e. The summed E-state index contributed by atoms with van der Waals surface area (Å²) in [6.45, 7) is 1.04. The molecule has 5 heteroatoms. The first-order valence-corrected chi connectivity index (χ1v) is 8.03. The molecule has 4 nitrogen and oxygen atoms in total. The van der Waals surface area contributed by atoms with Gasteiger partial charge in [0.25, 0.3) is 0 Å². The van der Waals surface area contributed by atoms with E-state index in [9.17, 15) is 5.11 Å². The molecule has 2 heterocycles. The summed E-state index contributed by atoms with van der Waals surface area (Å²) in [5.74, 6) is 1.90. The molecule has 1 aliphatic heterocycles. The summed E-state index contributed by atoms with van der Waals surface area (Å²) in [6.07, 6.45) is 9.01. The van der Waals surface area contributed by atoms with Crippen LogP contribution in [0.5, 0.6) is 0 Å². The van der Waals surface area contributed by atoms with Gasteiger partial charge in [-0.2, -0.15) is 0 Å². The minimum absolute atomic E-state index is 0.457. The Morgan fingerprint density at radius 1 is 1.11 bits per heavy atom. The molecule has 1 fully saturated rings. The van der Waals surface area contributed by atoms with E-state index in [-0.39, 0.29) is 0 Å². The molecule has 0 spiro atoms. The topological polar surface area (TPSA) is 50.9 Å². The van der Waals surface area contributed by atoms with Gasteiger partial charge in [0, 0.05) is 18.7 Å². The summed E-state index contributed by atoms with van der Waals surface area (Å²) in [6, 6.07) is 0. The fourth-order valence-corrected chi connectivity index (χ4v) is 4.08. The summed E-state index contributed by atoms with van der Waals surface area (Å²) in [4.78, 5) is 0. The van der Waals surface area contributed by atoms with E-state index in [4.69, 9.17) is 0 Å². The lowest BCUT2D eigenvalue weighted by molar-refractivity contribution is 0.0732. The Kier molecular flexibility index (Phi) is 3.61. The highest BCUT2D eigenvalue weighted by Crippen LogP contribution is 2.34. The fourth-order valence-electron chi connectivity index (χ4n) is 2.94. The molecule has 1 N–H and O–H groups in total. The summed E-state index contributed by atoms with van der Waals surface area (Å²) in [7, 11) is 0. The summed E-state index contributed by atoms with van der Waals surface area (Å²) < 4.78 is 2.26. The van der Waals surface area contributed by atoms with Crippen molar-refractivity contribution in [3.63, 3.8) is 0 Å². The predicted molar refractivity (Wildman–Crippen MR) is 71.7 cm³/mol. The van der Waals surface area contributed by atoms with Crippen LogP contribution in [-0.2, 0) is 13.0 Å².